The van der Waals surface area contributed by atoms with Gasteiger partial charge in [0.15, 0.2) is 5.78 Å². The molecule has 10 nitrogen and oxygen atoms in total. The number of hydrogen-bond donors (Lipinski definition) is 3. The fourth-order valence-corrected chi connectivity index (χ4v) is 6.18. The Hall–Kier alpha value is -3.89. The molecule has 4 atom stereocenters. The lowest BCUT2D eigenvalue weighted by Gasteiger charge is -2.30. The summed E-state index contributed by atoms with van der Waals surface area (Å²) in [5.74, 6) is -2.41. The third-order valence-corrected chi connectivity index (χ3v) is 9.43. The van der Waals surface area contributed by atoms with Gasteiger partial charge >= 0.3 is 5.97 Å². The van der Waals surface area contributed by atoms with E-state index in [4.69, 9.17) is 9.47 Å². The number of methoxy groups -OCH3 is 1. The van der Waals surface area contributed by atoms with Crippen molar-refractivity contribution in [1.29, 1.82) is 0 Å². The Morgan fingerprint density at radius 3 is 2.45 bits per heavy atom. The molecule has 2 saturated carbocycles. The number of rotatable bonds is 5. The zero-order valence-corrected chi connectivity index (χ0v) is 27.7. The van der Waals surface area contributed by atoms with Crippen LogP contribution in [-0.4, -0.2) is 65.4 Å². The maximum Gasteiger partial charge on any atom is 0.332 e. The lowest BCUT2D eigenvalue weighted by molar-refractivity contribution is -0.158. The number of Topliss-reactive ketones (excluding diaryl/α,β-unsaturated/α-hetero) is 1. The number of ether oxygens (including phenoxy) is 2. The number of aliphatic hydroxyl groups excluding tert-OH is 1. The number of allylic oxidation sites excluding steroid dienone is 8. The second-order valence-electron chi connectivity index (χ2n) is 13.1. The van der Waals surface area contributed by atoms with Crippen LogP contribution in [0, 0.1) is 11.8 Å². The average Bonchev–Trinajstić information content (AvgIpc) is 3.84. The van der Waals surface area contributed by atoms with Crippen LogP contribution in [0.1, 0.15) is 84.5 Å². The topological polar surface area (TPSA) is 148 Å². The molecule has 10 heteroatoms. The number of carbonyl (C=O) groups excluding carboxylic acids is 5. The summed E-state index contributed by atoms with van der Waals surface area (Å²) >= 11 is 0. The first-order chi connectivity index (χ1) is 22.5. The van der Waals surface area contributed by atoms with Crippen molar-refractivity contribution in [1.82, 2.24) is 10.6 Å². The van der Waals surface area contributed by atoms with E-state index in [0.29, 0.717) is 31.3 Å². The minimum atomic E-state index is -1.01. The predicted molar refractivity (Wildman–Crippen MR) is 176 cm³/mol. The zero-order valence-electron chi connectivity index (χ0n) is 27.7. The van der Waals surface area contributed by atoms with E-state index in [1.807, 2.05) is 19.1 Å². The van der Waals surface area contributed by atoms with Crippen molar-refractivity contribution < 1.29 is 38.6 Å². The molecule has 0 radical (unpaired) electrons. The van der Waals surface area contributed by atoms with E-state index in [0.717, 1.165) is 38.2 Å². The van der Waals surface area contributed by atoms with E-state index < -0.39 is 53.2 Å². The summed E-state index contributed by atoms with van der Waals surface area (Å²) < 4.78 is 11.4. The minimum Gasteiger partial charge on any atom is -0.460 e. The van der Waals surface area contributed by atoms with Crippen molar-refractivity contribution in [3.8, 4) is 0 Å². The Morgan fingerprint density at radius 2 is 1.74 bits per heavy atom. The Balaban J connectivity index is 1.52. The fourth-order valence-electron chi connectivity index (χ4n) is 6.18. The van der Waals surface area contributed by atoms with E-state index in [2.05, 4.69) is 10.6 Å². The molecule has 1 heterocycles. The van der Waals surface area contributed by atoms with Gasteiger partial charge in [0.05, 0.1) is 24.3 Å². The van der Waals surface area contributed by atoms with Gasteiger partial charge in [-0.25, -0.2) is 4.79 Å². The van der Waals surface area contributed by atoms with Crippen LogP contribution in [-0.2, 0) is 33.4 Å². The summed E-state index contributed by atoms with van der Waals surface area (Å²) in [6.07, 6.45) is 19.4. The molecule has 47 heavy (non-hydrogen) atoms. The first kappa shape index (κ1) is 36.0. The molecule has 3 aliphatic carbocycles. The standard InChI is InChI=1S/C37H48N2O8/c1-24-13-12-16-27-21-28(40)22-30(34(27)43)38-32(41)23-29(46-3)17-10-5-4-6-11-18-31(25(2)33(24)42)47-36(45)37(19-20-37)39-35(44)26-14-8-7-9-15-26/h4-6,10-11,13,17,21-22,25-26,29,31,33,42H,7-9,12,14-16,18-20,23H2,1-3H3,(H,38,41)(H,39,44). The molecule has 4 unspecified atom stereocenters. The Morgan fingerprint density at radius 1 is 1.02 bits per heavy atom. The first-order valence-corrected chi connectivity index (χ1v) is 16.7. The fraction of sp³-hybridized carbons (Fsp3) is 0.541. The number of nitrogens with one attached hydrogen (secondary N) is 2. The van der Waals surface area contributed by atoms with E-state index >= 15 is 0 Å². The minimum absolute atomic E-state index is 0.0537. The lowest BCUT2D eigenvalue weighted by Crippen LogP contribution is -2.48. The summed E-state index contributed by atoms with van der Waals surface area (Å²) in [5, 5.41) is 16.9. The molecule has 2 amide bonds. The van der Waals surface area contributed by atoms with Crippen molar-refractivity contribution in [3.63, 3.8) is 0 Å². The Bertz CT molecular complexity index is 1390. The quantitative estimate of drug-likeness (QED) is 0.226. The highest BCUT2D eigenvalue weighted by atomic mass is 16.5. The largest absolute Gasteiger partial charge is 0.460 e. The Labute approximate surface area is 277 Å². The SMILES string of the molecule is COC1C=CC=CC=CCC(OC(=O)C2(NC(=O)C3CCCCC3)CC2)C(C)C(O)C(C)=CCCC2=CC(=O)C=C(NC(=O)C1)C2=O. The molecule has 0 aromatic carbocycles. The highest BCUT2D eigenvalue weighted by molar-refractivity contribution is 6.21. The molecule has 4 rings (SSSR count). The third kappa shape index (κ3) is 10.0. The normalized spacial score (nSPS) is 27.8. The third-order valence-electron chi connectivity index (χ3n) is 9.43. The van der Waals surface area contributed by atoms with Crippen molar-refractivity contribution in [3.05, 3.63) is 71.5 Å². The van der Waals surface area contributed by atoms with E-state index in [1.54, 1.807) is 37.3 Å². The van der Waals surface area contributed by atoms with E-state index in [-0.39, 0.29) is 35.9 Å². The molecular weight excluding hydrogens is 600 g/mol. The molecule has 0 spiro atoms. The van der Waals surface area contributed by atoms with Gasteiger partial charge in [0.1, 0.15) is 11.6 Å². The number of esters is 1. The van der Waals surface area contributed by atoms with Crippen LogP contribution in [0.5, 0.6) is 0 Å². The number of carbonyl (C=O) groups is 5. The predicted octanol–water partition coefficient (Wildman–Crippen LogP) is 4.41. The van der Waals surface area contributed by atoms with E-state index in [9.17, 15) is 29.1 Å². The van der Waals surface area contributed by atoms with Gasteiger partial charge in [-0.2, -0.15) is 0 Å². The second-order valence-corrected chi connectivity index (χ2v) is 13.1. The molecule has 0 aromatic heterocycles. The van der Waals surface area contributed by atoms with Crippen LogP contribution in [0.2, 0.25) is 0 Å². The number of hydrogen-bond acceptors (Lipinski definition) is 8. The first-order valence-electron chi connectivity index (χ1n) is 16.7. The summed E-state index contributed by atoms with van der Waals surface area (Å²) in [6.45, 7) is 3.59. The summed E-state index contributed by atoms with van der Waals surface area (Å²) in [5.41, 5.74) is -0.190. The maximum absolute atomic E-state index is 13.5. The molecule has 4 aliphatic rings. The molecule has 3 N–H and O–H groups in total. The second kappa shape index (κ2) is 16.8. The van der Waals surface area contributed by atoms with Gasteiger partial charge in [-0.15, -0.1) is 0 Å². The van der Waals surface area contributed by atoms with Gasteiger partial charge in [-0.05, 0) is 57.1 Å². The summed E-state index contributed by atoms with van der Waals surface area (Å²) in [4.78, 5) is 64.6. The van der Waals surface area contributed by atoms with Gasteiger partial charge in [-0.3, -0.25) is 19.2 Å². The Kier molecular flexibility index (Phi) is 12.8. The van der Waals surface area contributed by atoms with Gasteiger partial charge in [-0.1, -0.05) is 68.7 Å². The summed E-state index contributed by atoms with van der Waals surface area (Å²) in [7, 11) is 1.47. The molecule has 0 saturated heterocycles. The lowest BCUT2D eigenvalue weighted by atomic mass is 9.88. The molecule has 254 valence electrons. The van der Waals surface area contributed by atoms with Crippen LogP contribution in [0.4, 0.5) is 0 Å². The highest BCUT2D eigenvalue weighted by Crippen LogP contribution is 2.39. The monoisotopic (exact) mass is 648 g/mol. The van der Waals surface area contributed by atoms with Gasteiger partial charge in [0.2, 0.25) is 17.6 Å². The van der Waals surface area contributed by atoms with Crippen molar-refractivity contribution in [2.24, 2.45) is 11.8 Å². The van der Waals surface area contributed by atoms with Crippen LogP contribution in [0.25, 0.3) is 0 Å². The molecular formula is C37H48N2O8. The van der Waals surface area contributed by atoms with Crippen molar-refractivity contribution in [2.45, 2.75) is 108 Å². The molecule has 2 fully saturated rings. The van der Waals surface area contributed by atoms with Gasteiger partial charge in [0, 0.05) is 37.0 Å². The van der Waals surface area contributed by atoms with Gasteiger partial charge in [0.25, 0.3) is 0 Å². The van der Waals surface area contributed by atoms with Crippen LogP contribution in [0.15, 0.2) is 71.5 Å². The molecule has 1 aliphatic heterocycles. The van der Waals surface area contributed by atoms with Crippen molar-refractivity contribution >= 4 is 29.4 Å². The smallest absolute Gasteiger partial charge is 0.332 e. The van der Waals surface area contributed by atoms with Crippen LogP contribution in [0.3, 0.4) is 0 Å². The number of fused-ring (bicyclic) bond motifs is 2. The zero-order chi connectivity index (χ0) is 34.0. The van der Waals surface area contributed by atoms with E-state index in [1.165, 1.54) is 13.2 Å². The van der Waals surface area contributed by atoms with Gasteiger partial charge < -0.3 is 25.2 Å². The maximum atomic E-state index is 13.5. The highest BCUT2D eigenvalue weighted by Gasteiger charge is 2.54. The van der Waals surface area contributed by atoms with Crippen molar-refractivity contribution in [2.75, 3.05) is 7.11 Å². The van der Waals surface area contributed by atoms with Crippen LogP contribution >= 0.6 is 0 Å². The summed E-state index contributed by atoms with van der Waals surface area (Å²) in [6, 6.07) is 0. The average molecular weight is 649 g/mol. The molecule has 0 aromatic rings. The number of amides is 2. The number of ketones is 2. The number of aliphatic hydroxyl groups is 1. The van der Waals surface area contributed by atoms with Crippen LogP contribution < -0.4 is 10.6 Å². The molecule has 2 bridgehead atoms.